The van der Waals surface area contributed by atoms with Crippen molar-refractivity contribution < 1.29 is 23.7 Å². The van der Waals surface area contributed by atoms with Crippen LogP contribution in [0, 0.1) is 0 Å². The SMILES string of the molecule is CCOc1cc(C=O)ccc1OCc1cc(OC)c(OC)cc1Br. The zero-order valence-corrected chi connectivity index (χ0v) is 15.4. The molecule has 24 heavy (non-hydrogen) atoms. The summed E-state index contributed by atoms with van der Waals surface area (Å²) in [5.41, 5.74) is 1.44. The first-order valence-corrected chi connectivity index (χ1v) is 8.17. The van der Waals surface area contributed by atoms with Gasteiger partial charge < -0.3 is 18.9 Å². The van der Waals surface area contributed by atoms with Crippen LogP contribution in [-0.4, -0.2) is 27.1 Å². The molecule has 0 aromatic heterocycles. The lowest BCUT2D eigenvalue weighted by Gasteiger charge is -2.15. The Bertz CT molecular complexity index is 715. The lowest BCUT2D eigenvalue weighted by Crippen LogP contribution is -2.02. The maximum atomic E-state index is 10.9. The van der Waals surface area contributed by atoms with Crippen LogP contribution in [0.4, 0.5) is 0 Å². The van der Waals surface area contributed by atoms with Crippen molar-refractivity contribution in [3.8, 4) is 23.0 Å². The second-order valence-corrected chi connectivity index (χ2v) is 5.70. The Balaban J connectivity index is 2.23. The molecule has 0 saturated heterocycles. The van der Waals surface area contributed by atoms with Gasteiger partial charge in [0.25, 0.3) is 0 Å². The van der Waals surface area contributed by atoms with Crippen molar-refractivity contribution in [2.75, 3.05) is 20.8 Å². The van der Waals surface area contributed by atoms with E-state index in [-0.39, 0.29) is 0 Å². The average molecular weight is 395 g/mol. The normalized spacial score (nSPS) is 10.2. The molecule has 0 N–H and O–H groups in total. The summed E-state index contributed by atoms with van der Waals surface area (Å²) in [6.45, 7) is 2.67. The topological polar surface area (TPSA) is 54.0 Å². The zero-order chi connectivity index (χ0) is 17.5. The highest BCUT2D eigenvalue weighted by Crippen LogP contribution is 2.35. The molecular formula is C18H19BrO5. The molecule has 0 atom stereocenters. The fourth-order valence-corrected chi connectivity index (χ4v) is 2.58. The van der Waals surface area contributed by atoms with Crippen LogP contribution in [0.2, 0.25) is 0 Å². The van der Waals surface area contributed by atoms with E-state index in [1.165, 1.54) is 0 Å². The zero-order valence-electron chi connectivity index (χ0n) is 13.8. The highest BCUT2D eigenvalue weighted by atomic mass is 79.9. The van der Waals surface area contributed by atoms with Gasteiger partial charge in [-0.05, 0) is 37.3 Å². The Kier molecular flexibility index (Phi) is 6.49. The predicted octanol–water partition coefficient (Wildman–Crippen LogP) is 4.26. The molecule has 128 valence electrons. The number of hydrogen-bond donors (Lipinski definition) is 0. The standard InChI is InChI=1S/C18H19BrO5/c1-4-23-18-7-12(10-20)5-6-15(18)24-11-13-8-16(21-2)17(22-3)9-14(13)19/h5-10H,4,11H2,1-3H3. The number of methoxy groups -OCH3 is 2. The molecule has 0 amide bonds. The summed E-state index contributed by atoms with van der Waals surface area (Å²) in [4.78, 5) is 10.9. The Morgan fingerprint density at radius 3 is 2.29 bits per heavy atom. The van der Waals surface area contributed by atoms with Crippen molar-refractivity contribution in [1.82, 2.24) is 0 Å². The Hall–Kier alpha value is -2.21. The minimum atomic E-state index is 0.307. The second kappa shape index (κ2) is 8.59. The third-order valence-corrected chi connectivity index (χ3v) is 4.08. The van der Waals surface area contributed by atoms with Gasteiger partial charge in [0.2, 0.25) is 0 Å². The fourth-order valence-electron chi connectivity index (χ4n) is 2.15. The minimum absolute atomic E-state index is 0.307. The summed E-state index contributed by atoms with van der Waals surface area (Å²) < 4.78 is 22.8. The van der Waals surface area contributed by atoms with E-state index in [2.05, 4.69) is 15.9 Å². The van der Waals surface area contributed by atoms with E-state index in [0.29, 0.717) is 41.8 Å². The summed E-state index contributed by atoms with van der Waals surface area (Å²) in [7, 11) is 3.17. The summed E-state index contributed by atoms with van der Waals surface area (Å²) in [5.74, 6) is 2.38. The molecule has 0 spiro atoms. The molecule has 0 radical (unpaired) electrons. The van der Waals surface area contributed by atoms with Crippen molar-refractivity contribution in [3.63, 3.8) is 0 Å². The van der Waals surface area contributed by atoms with E-state index < -0.39 is 0 Å². The number of carbonyl (C=O) groups is 1. The van der Waals surface area contributed by atoms with E-state index in [1.807, 2.05) is 19.1 Å². The molecular weight excluding hydrogens is 376 g/mol. The molecule has 2 aromatic carbocycles. The third-order valence-electron chi connectivity index (χ3n) is 3.34. The Labute approximate surface area is 149 Å². The third kappa shape index (κ3) is 4.20. The smallest absolute Gasteiger partial charge is 0.161 e. The van der Waals surface area contributed by atoms with Crippen molar-refractivity contribution in [3.05, 3.63) is 45.9 Å². The lowest BCUT2D eigenvalue weighted by atomic mass is 10.2. The van der Waals surface area contributed by atoms with E-state index in [0.717, 1.165) is 16.3 Å². The minimum Gasteiger partial charge on any atom is -0.493 e. The van der Waals surface area contributed by atoms with Crippen LogP contribution in [0.1, 0.15) is 22.8 Å². The lowest BCUT2D eigenvalue weighted by molar-refractivity contribution is 0.112. The van der Waals surface area contributed by atoms with Gasteiger partial charge in [0, 0.05) is 15.6 Å². The van der Waals surface area contributed by atoms with Crippen LogP contribution in [-0.2, 0) is 6.61 Å². The molecule has 0 bridgehead atoms. The van der Waals surface area contributed by atoms with E-state index in [1.54, 1.807) is 32.4 Å². The van der Waals surface area contributed by atoms with Gasteiger partial charge in [0.1, 0.15) is 12.9 Å². The number of ether oxygens (including phenoxy) is 4. The number of hydrogen-bond acceptors (Lipinski definition) is 5. The molecule has 0 heterocycles. The van der Waals surface area contributed by atoms with E-state index in [9.17, 15) is 4.79 Å². The maximum Gasteiger partial charge on any atom is 0.161 e. The average Bonchev–Trinajstić information content (AvgIpc) is 2.61. The molecule has 0 aliphatic carbocycles. The van der Waals surface area contributed by atoms with Crippen LogP contribution in [0.3, 0.4) is 0 Å². The largest absolute Gasteiger partial charge is 0.493 e. The van der Waals surface area contributed by atoms with Gasteiger partial charge >= 0.3 is 0 Å². The van der Waals surface area contributed by atoms with Crippen molar-refractivity contribution in [1.29, 1.82) is 0 Å². The van der Waals surface area contributed by atoms with Crippen molar-refractivity contribution >= 4 is 22.2 Å². The van der Waals surface area contributed by atoms with Crippen molar-refractivity contribution in [2.45, 2.75) is 13.5 Å². The monoisotopic (exact) mass is 394 g/mol. The van der Waals surface area contributed by atoms with Crippen LogP contribution in [0.25, 0.3) is 0 Å². The first-order chi connectivity index (χ1) is 11.6. The van der Waals surface area contributed by atoms with Crippen LogP contribution in [0.15, 0.2) is 34.8 Å². The molecule has 0 fully saturated rings. The van der Waals surface area contributed by atoms with Gasteiger partial charge in [-0.1, -0.05) is 15.9 Å². The molecule has 0 unspecified atom stereocenters. The van der Waals surface area contributed by atoms with Crippen molar-refractivity contribution in [2.24, 2.45) is 0 Å². The van der Waals surface area contributed by atoms with E-state index in [4.69, 9.17) is 18.9 Å². The molecule has 2 aromatic rings. The van der Waals surface area contributed by atoms with Crippen LogP contribution in [0.5, 0.6) is 23.0 Å². The summed E-state index contributed by atoms with van der Waals surface area (Å²) in [5, 5.41) is 0. The quantitative estimate of drug-likeness (QED) is 0.626. The van der Waals surface area contributed by atoms with Gasteiger partial charge in [-0.15, -0.1) is 0 Å². The number of halogens is 1. The first kappa shape index (κ1) is 18.1. The highest BCUT2D eigenvalue weighted by Gasteiger charge is 2.12. The number of rotatable bonds is 8. The summed E-state index contributed by atoms with van der Waals surface area (Å²) in [6.07, 6.45) is 0.775. The summed E-state index contributed by atoms with van der Waals surface area (Å²) in [6, 6.07) is 8.76. The summed E-state index contributed by atoms with van der Waals surface area (Å²) >= 11 is 3.50. The molecule has 0 aliphatic rings. The first-order valence-electron chi connectivity index (χ1n) is 7.38. The number of benzene rings is 2. The fraction of sp³-hybridized carbons (Fsp3) is 0.278. The number of carbonyl (C=O) groups excluding carboxylic acids is 1. The second-order valence-electron chi connectivity index (χ2n) is 4.84. The van der Waals surface area contributed by atoms with Gasteiger partial charge in [-0.2, -0.15) is 0 Å². The molecule has 0 saturated carbocycles. The van der Waals surface area contributed by atoms with Crippen LogP contribution >= 0.6 is 15.9 Å². The van der Waals surface area contributed by atoms with Crippen LogP contribution < -0.4 is 18.9 Å². The van der Waals surface area contributed by atoms with E-state index >= 15 is 0 Å². The molecule has 2 rings (SSSR count). The Morgan fingerprint density at radius 2 is 1.67 bits per heavy atom. The van der Waals surface area contributed by atoms with Gasteiger partial charge in [0.15, 0.2) is 23.0 Å². The molecule has 5 nitrogen and oxygen atoms in total. The molecule has 6 heteroatoms. The van der Waals surface area contributed by atoms with Gasteiger partial charge in [-0.25, -0.2) is 0 Å². The van der Waals surface area contributed by atoms with Gasteiger partial charge in [0.05, 0.1) is 20.8 Å². The van der Waals surface area contributed by atoms with Gasteiger partial charge in [-0.3, -0.25) is 4.79 Å². The Morgan fingerprint density at radius 1 is 0.958 bits per heavy atom. The highest BCUT2D eigenvalue weighted by molar-refractivity contribution is 9.10. The predicted molar refractivity (Wildman–Crippen MR) is 94.6 cm³/mol. The maximum absolute atomic E-state index is 10.9. The number of aldehydes is 1. The molecule has 0 aliphatic heterocycles.